The minimum Gasteiger partial charge on any atom is -0.387 e. The average molecular weight is 279 g/mol. The molecule has 19 heavy (non-hydrogen) atoms. The summed E-state index contributed by atoms with van der Waals surface area (Å²) in [6, 6.07) is 1.36. The summed E-state index contributed by atoms with van der Waals surface area (Å²) in [7, 11) is 0. The molecule has 3 N–H and O–H groups in total. The summed E-state index contributed by atoms with van der Waals surface area (Å²) in [5.41, 5.74) is 0.853. The van der Waals surface area contributed by atoms with Crippen molar-refractivity contribution in [1.29, 1.82) is 0 Å². The number of aromatic amines is 1. The number of aromatic nitrogens is 2. The van der Waals surface area contributed by atoms with Crippen LogP contribution >= 0.6 is 11.3 Å². The number of nitrogens with one attached hydrogen (secondary N) is 2. The lowest BCUT2D eigenvalue weighted by atomic mass is 10.2. The number of hydrogen-bond donors (Lipinski definition) is 3. The van der Waals surface area contributed by atoms with Gasteiger partial charge in [-0.05, 0) is 13.8 Å². The Morgan fingerprint density at radius 2 is 2.32 bits per heavy atom. The Labute approximate surface area is 113 Å². The Hall–Kier alpha value is -1.99. The van der Waals surface area contributed by atoms with E-state index in [2.05, 4.69) is 15.3 Å². The van der Waals surface area contributed by atoms with E-state index in [-0.39, 0.29) is 11.0 Å². The Balaban J connectivity index is 2.18. The van der Waals surface area contributed by atoms with Crippen molar-refractivity contribution in [2.45, 2.75) is 20.0 Å². The Bertz CT molecular complexity index is 660. The van der Waals surface area contributed by atoms with Crippen LogP contribution in [0.3, 0.4) is 0 Å². The zero-order chi connectivity index (χ0) is 14.0. The number of carbonyl (C=O) groups excluding carboxylic acids is 1. The fourth-order valence-electron chi connectivity index (χ4n) is 1.45. The Morgan fingerprint density at radius 3 is 2.89 bits per heavy atom. The monoisotopic (exact) mass is 279 g/mol. The van der Waals surface area contributed by atoms with Crippen LogP contribution in [-0.2, 0) is 0 Å². The molecule has 0 fully saturated rings. The number of pyridine rings is 1. The fourth-order valence-corrected chi connectivity index (χ4v) is 2.24. The molecular formula is C12H13N3O3S. The lowest BCUT2D eigenvalue weighted by Gasteiger charge is -2.02. The number of rotatable bonds is 3. The molecule has 7 heteroatoms. The second-order valence-electron chi connectivity index (χ2n) is 4.10. The highest BCUT2D eigenvalue weighted by molar-refractivity contribution is 7.14. The number of carbonyl (C=O) groups is 1. The van der Waals surface area contributed by atoms with E-state index >= 15 is 0 Å². The number of thiazole rings is 1. The van der Waals surface area contributed by atoms with E-state index in [9.17, 15) is 14.7 Å². The van der Waals surface area contributed by atoms with Gasteiger partial charge < -0.3 is 10.1 Å². The highest BCUT2D eigenvalue weighted by Gasteiger charge is 2.13. The van der Waals surface area contributed by atoms with Crippen LogP contribution in [0.4, 0.5) is 5.13 Å². The molecule has 1 unspecified atom stereocenters. The van der Waals surface area contributed by atoms with Gasteiger partial charge in [0.15, 0.2) is 10.6 Å². The molecule has 2 aromatic heterocycles. The van der Waals surface area contributed by atoms with Crippen molar-refractivity contribution in [3.63, 3.8) is 0 Å². The van der Waals surface area contributed by atoms with E-state index in [0.29, 0.717) is 16.5 Å². The largest absolute Gasteiger partial charge is 0.387 e. The minimum atomic E-state index is -0.690. The van der Waals surface area contributed by atoms with Crippen molar-refractivity contribution in [2.75, 3.05) is 5.32 Å². The number of H-pyrrole nitrogens is 1. The summed E-state index contributed by atoms with van der Waals surface area (Å²) in [6.07, 6.45) is 0.681. The maximum absolute atomic E-state index is 11.9. The molecule has 2 rings (SSSR count). The maximum atomic E-state index is 11.9. The first kappa shape index (κ1) is 13.4. The number of aliphatic hydroxyl groups excluding tert-OH is 1. The SMILES string of the molecule is Cc1cc(=O)c(C(=O)Nc2nc(C(C)O)cs2)c[nH]1. The molecule has 0 aliphatic rings. The molecule has 100 valence electrons. The third kappa shape index (κ3) is 3.07. The smallest absolute Gasteiger partial charge is 0.262 e. The highest BCUT2D eigenvalue weighted by Crippen LogP contribution is 2.20. The van der Waals surface area contributed by atoms with Gasteiger partial charge >= 0.3 is 0 Å². The zero-order valence-corrected chi connectivity index (χ0v) is 11.2. The normalized spacial score (nSPS) is 12.2. The summed E-state index contributed by atoms with van der Waals surface area (Å²) in [5.74, 6) is -0.521. The van der Waals surface area contributed by atoms with E-state index < -0.39 is 12.0 Å². The number of hydrogen-bond acceptors (Lipinski definition) is 5. The third-order valence-electron chi connectivity index (χ3n) is 2.47. The van der Waals surface area contributed by atoms with Crippen molar-refractivity contribution in [3.05, 3.63) is 44.8 Å². The van der Waals surface area contributed by atoms with Crippen LogP contribution in [0.2, 0.25) is 0 Å². The average Bonchev–Trinajstić information content (AvgIpc) is 2.77. The summed E-state index contributed by atoms with van der Waals surface area (Å²) < 4.78 is 0. The predicted molar refractivity (Wildman–Crippen MR) is 72.5 cm³/mol. The van der Waals surface area contributed by atoms with Crippen molar-refractivity contribution >= 4 is 22.4 Å². The van der Waals surface area contributed by atoms with E-state index in [1.54, 1.807) is 19.2 Å². The molecular weight excluding hydrogens is 266 g/mol. The van der Waals surface area contributed by atoms with Gasteiger partial charge in [-0.25, -0.2) is 4.98 Å². The fraction of sp³-hybridized carbons (Fsp3) is 0.250. The van der Waals surface area contributed by atoms with Crippen LogP contribution in [0.1, 0.15) is 34.8 Å². The van der Waals surface area contributed by atoms with Crippen LogP contribution in [0.15, 0.2) is 22.4 Å². The molecule has 0 aliphatic carbocycles. The molecule has 2 heterocycles. The van der Waals surface area contributed by atoms with Crippen molar-refractivity contribution < 1.29 is 9.90 Å². The first-order valence-electron chi connectivity index (χ1n) is 5.61. The summed E-state index contributed by atoms with van der Waals surface area (Å²) in [6.45, 7) is 3.32. The predicted octanol–water partition coefficient (Wildman–Crippen LogP) is 1.45. The van der Waals surface area contributed by atoms with E-state index in [1.807, 2.05) is 0 Å². The van der Waals surface area contributed by atoms with Gasteiger partial charge in [0.1, 0.15) is 5.56 Å². The molecule has 0 aromatic carbocycles. The third-order valence-corrected chi connectivity index (χ3v) is 3.25. The van der Waals surface area contributed by atoms with Gasteiger partial charge in [0.05, 0.1) is 11.8 Å². The molecule has 2 aromatic rings. The number of anilines is 1. The Kier molecular flexibility index (Phi) is 3.77. The number of aryl methyl sites for hydroxylation is 1. The molecule has 0 aliphatic heterocycles. The second kappa shape index (κ2) is 5.33. The first-order valence-corrected chi connectivity index (χ1v) is 6.49. The van der Waals surface area contributed by atoms with Crippen molar-refractivity contribution in [1.82, 2.24) is 9.97 Å². The van der Waals surface area contributed by atoms with E-state index in [1.165, 1.54) is 23.6 Å². The van der Waals surface area contributed by atoms with Gasteiger partial charge in [0.25, 0.3) is 5.91 Å². The lowest BCUT2D eigenvalue weighted by molar-refractivity contribution is 0.102. The van der Waals surface area contributed by atoms with Crippen molar-refractivity contribution in [3.8, 4) is 0 Å². The molecule has 6 nitrogen and oxygen atoms in total. The topological polar surface area (TPSA) is 95.1 Å². The van der Waals surface area contributed by atoms with Crippen LogP contribution in [0, 0.1) is 6.92 Å². The van der Waals surface area contributed by atoms with Gasteiger partial charge in [-0.1, -0.05) is 0 Å². The van der Waals surface area contributed by atoms with Crippen molar-refractivity contribution in [2.24, 2.45) is 0 Å². The van der Waals surface area contributed by atoms with Gasteiger partial charge in [-0.2, -0.15) is 0 Å². The summed E-state index contributed by atoms with van der Waals surface area (Å²) >= 11 is 1.19. The summed E-state index contributed by atoms with van der Waals surface area (Å²) in [5, 5.41) is 13.9. The molecule has 0 saturated carbocycles. The molecule has 0 radical (unpaired) electrons. The first-order chi connectivity index (χ1) is 8.97. The van der Waals surface area contributed by atoms with Gasteiger partial charge in [0.2, 0.25) is 0 Å². The quantitative estimate of drug-likeness (QED) is 0.792. The van der Waals surface area contributed by atoms with Gasteiger partial charge in [-0.3, -0.25) is 14.9 Å². The molecule has 1 atom stereocenters. The number of nitrogens with zero attached hydrogens (tertiary/aromatic N) is 1. The molecule has 0 spiro atoms. The minimum absolute atomic E-state index is 0.0272. The van der Waals surface area contributed by atoms with Crippen LogP contribution < -0.4 is 10.7 Å². The zero-order valence-electron chi connectivity index (χ0n) is 10.4. The molecule has 0 saturated heterocycles. The molecule has 0 bridgehead atoms. The Morgan fingerprint density at radius 1 is 1.58 bits per heavy atom. The number of amides is 1. The highest BCUT2D eigenvalue weighted by atomic mass is 32.1. The standard InChI is InChI=1S/C12H13N3O3S/c1-6-3-10(17)8(4-13-6)11(18)15-12-14-9(5-19-12)7(2)16/h3-5,7,16H,1-2H3,(H,13,17)(H,14,15,18). The van der Waals surface area contributed by atoms with E-state index in [4.69, 9.17) is 0 Å². The van der Waals surface area contributed by atoms with Gasteiger partial charge in [-0.15, -0.1) is 11.3 Å². The van der Waals surface area contributed by atoms with Crippen LogP contribution in [0.5, 0.6) is 0 Å². The molecule has 1 amide bonds. The maximum Gasteiger partial charge on any atom is 0.262 e. The van der Waals surface area contributed by atoms with Crippen LogP contribution in [-0.4, -0.2) is 21.0 Å². The van der Waals surface area contributed by atoms with Crippen LogP contribution in [0.25, 0.3) is 0 Å². The van der Waals surface area contributed by atoms with Gasteiger partial charge in [0, 0.05) is 23.3 Å². The lowest BCUT2D eigenvalue weighted by Crippen LogP contribution is -2.21. The summed E-state index contributed by atoms with van der Waals surface area (Å²) in [4.78, 5) is 30.4. The number of aliphatic hydroxyl groups is 1. The van der Waals surface area contributed by atoms with E-state index in [0.717, 1.165) is 0 Å². The second-order valence-corrected chi connectivity index (χ2v) is 4.96.